The molecule has 2 aliphatic heterocycles. The standard InChI is InChI=1S/C13H17N5/c14-7-11-1-2-13(16-8-11)18-5-3-17(4-6-18)12-9-15-10-12/h1-2,8,12,15H,3-6,9-10H2. The molecule has 0 saturated carbocycles. The summed E-state index contributed by atoms with van der Waals surface area (Å²) in [4.78, 5) is 9.20. The van der Waals surface area contributed by atoms with E-state index in [-0.39, 0.29) is 0 Å². The highest BCUT2D eigenvalue weighted by molar-refractivity contribution is 5.42. The molecular formula is C13H17N5. The van der Waals surface area contributed by atoms with Crippen LogP contribution in [-0.2, 0) is 0 Å². The molecular weight excluding hydrogens is 226 g/mol. The van der Waals surface area contributed by atoms with Crippen LogP contribution in [0.15, 0.2) is 18.3 Å². The maximum atomic E-state index is 8.75. The Labute approximate surface area is 107 Å². The van der Waals surface area contributed by atoms with Crippen LogP contribution in [0.1, 0.15) is 5.56 Å². The molecule has 3 heterocycles. The van der Waals surface area contributed by atoms with Crippen molar-refractivity contribution in [3.8, 4) is 6.07 Å². The van der Waals surface area contributed by atoms with Crippen molar-refractivity contribution in [2.45, 2.75) is 6.04 Å². The maximum Gasteiger partial charge on any atom is 0.128 e. The largest absolute Gasteiger partial charge is 0.354 e. The third-order valence-corrected chi connectivity index (χ3v) is 3.79. The molecule has 1 N–H and O–H groups in total. The van der Waals surface area contributed by atoms with E-state index in [9.17, 15) is 0 Å². The van der Waals surface area contributed by atoms with Gasteiger partial charge in [-0.3, -0.25) is 4.90 Å². The molecule has 3 rings (SSSR count). The molecule has 5 heteroatoms. The normalized spacial score (nSPS) is 21.4. The molecule has 0 radical (unpaired) electrons. The molecule has 0 aliphatic carbocycles. The lowest BCUT2D eigenvalue weighted by atomic mass is 10.1. The highest BCUT2D eigenvalue weighted by atomic mass is 15.3. The number of nitriles is 1. The number of piperazine rings is 1. The number of pyridine rings is 1. The number of nitrogens with zero attached hydrogens (tertiary/aromatic N) is 4. The van der Waals surface area contributed by atoms with Crippen LogP contribution in [0.25, 0.3) is 0 Å². The molecule has 0 atom stereocenters. The number of nitrogens with one attached hydrogen (secondary N) is 1. The lowest BCUT2D eigenvalue weighted by molar-refractivity contribution is 0.137. The van der Waals surface area contributed by atoms with Crippen LogP contribution in [0, 0.1) is 11.3 Å². The zero-order chi connectivity index (χ0) is 12.4. The minimum atomic E-state index is 0.623. The van der Waals surface area contributed by atoms with Gasteiger partial charge in [0.05, 0.1) is 5.56 Å². The molecule has 1 aromatic heterocycles. The summed E-state index contributed by atoms with van der Waals surface area (Å²) in [5.41, 5.74) is 0.623. The molecule has 18 heavy (non-hydrogen) atoms. The fourth-order valence-corrected chi connectivity index (χ4v) is 2.49. The van der Waals surface area contributed by atoms with Crippen molar-refractivity contribution >= 4 is 5.82 Å². The second-order valence-electron chi connectivity index (χ2n) is 4.85. The molecule has 0 aromatic carbocycles. The fourth-order valence-electron chi connectivity index (χ4n) is 2.49. The molecule has 0 bridgehead atoms. The summed E-state index contributed by atoms with van der Waals surface area (Å²) in [6.07, 6.45) is 1.65. The average Bonchev–Trinajstić information content (AvgIpc) is 2.38. The number of aromatic nitrogens is 1. The monoisotopic (exact) mass is 243 g/mol. The van der Waals surface area contributed by atoms with E-state index in [1.165, 1.54) is 0 Å². The van der Waals surface area contributed by atoms with E-state index in [2.05, 4.69) is 26.2 Å². The Bertz CT molecular complexity index is 437. The minimum absolute atomic E-state index is 0.623. The van der Waals surface area contributed by atoms with Crippen molar-refractivity contribution in [1.29, 1.82) is 5.26 Å². The highest BCUT2D eigenvalue weighted by Crippen LogP contribution is 2.16. The van der Waals surface area contributed by atoms with E-state index in [1.54, 1.807) is 6.20 Å². The Morgan fingerprint density at radius 3 is 2.50 bits per heavy atom. The van der Waals surface area contributed by atoms with Gasteiger partial charge in [0.2, 0.25) is 0 Å². The fraction of sp³-hybridized carbons (Fsp3) is 0.538. The van der Waals surface area contributed by atoms with Crippen LogP contribution in [0.4, 0.5) is 5.82 Å². The van der Waals surface area contributed by atoms with Crippen molar-refractivity contribution in [3.05, 3.63) is 23.9 Å². The second-order valence-corrected chi connectivity index (χ2v) is 4.85. The zero-order valence-corrected chi connectivity index (χ0v) is 10.3. The third kappa shape index (κ3) is 2.17. The second kappa shape index (κ2) is 4.92. The van der Waals surface area contributed by atoms with Crippen molar-refractivity contribution in [2.75, 3.05) is 44.2 Å². The van der Waals surface area contributed by atoms with Gasteiger partial charge in [0.25, 0.3) is 0 Å². The molecule has 0 spiro atoms. The Hall–Kier alpha value is -1.64. The predicted octanol–water partition coefficient (Wildman–Crippen LogP) is 0.0471. The molecule has 94 valence electrons. The summed E-state index contributed by atoms with van der Waals surface area (Å²) in [7, 11) is 0. The van der Waals surface area contributed by atoms with E-state index in [0.29, 0.717) is 5.56 Å². The first-order valence-corrected chi connectivity index (χ1v) is 6.43. The molecule has 1 aromatic rings. The number of anilines is 1. The highest BCUT2D eigenvalue weighted by Gasteiger charge is 2.27. The molecule has 2 aliphatic rings. The van der Waals surface area contributed by atoms with E-state index < -0.39 is 0 Å². The predicted molar refractivity (Wildman–Crippen MR) is 69.4 cm³/mol. The average molecular weight is 243 g/mol. The van der Waals surface area contributed by atoms with Gasteiger partial charge in [-0.25, -0.2) is 4.98 Å². The lowest BCUT2D eigenvalue weighted by Gasteiger charge is -2.43. The number of rotatable bonds is 2. The van der Waals surface area contributed by atoms with Crippen LogP contribution < -0.4 is 10.2 Å². The molecule has 0 unspecified atom stereocenters. The van der Waals surface area contributed by atoms with Crippen molar-refractivity contribution in [3.63, 3.8) is 0 Å². The van der Waals surface area contributed by atoms with Crippen LogP contribution in [0.2, 0.25) is 0 Å². The van der Waals surface area contributed by atoms with Crippen LogP contribution in [-0.4, -0.2) is 55.2 Å². The molecule has 0 amide bonds. The number of hydrogen-bond donors (Lipinski definition) is 1. The lowest BCUT2D eigenvalue weighted by Crippen LogP contribution is -2.61. The van der Waals surface area contributed by atoms with Crippen LogP contribution in [0.5, 0.6) is 0 Å². The minimum Gasteiger partial charge on any atom is -0.354 e. The van der Waals surface area contributed by atoms with E-state index in [1.807, 2.05) is 12.1 Å². The van der Waals surface area contributed by atoms with Gasteiger partial charge in [-0.05, 0) is 12.1 Å². The Morgan fingerprint density at radius 1 is 1.22 bits per heavy atom. The first-order chi connectivity index (χ1) is 8.86. The van der Waals surface area contributed by atoms with Gasteiger partial charge < -0.3 is 10.2 Å². The SMILES string of the molecule is N#Cc1ccc(N2CCN(C3CNC3)CC2)nc1. The first kappa shape index (κ1) is 11.5. The summed E-state index contributed by atoms with van der Waals surface area (Å²) in [5.74, 6) is 0.986. The van der Waals surface area contributed by atoms with Crippen LogP contribution >= 0.6 is 0 Å². The maximum absolute atomic E-state index is 8.75. The van der Waals surface area contributed by atoms with Gasteiger partial charge in [-0.2, -0.15) is 5.26 Å². The van der Waals surface area contributed by atoms with Gasteiger partial charge in [0, 0.05) is 51.5 Å². The molecule has 2 saturated heterocycles. The van der Waals surface area contributed by atoms with Crippen molar-refractivity contribution in [1.82, 2.24) is 15.2 Å². The van der Waals surface area contributed by atoms with Gasteiger partial charge in [0.1, 0.15) is 11.9 Å². The third-order valence-electron chi connectivity index (χ3n) is 3.79. The topological polar surface area (TPSA) is 55.2 Å². The van der Waals surface area contributed by atoms with E-state index in [0.717, 1.165) is 51.1 Å². The molecule has 5 nitrogen and oxygen atoms in total. The van der Waals surface area contributed by atoms with Crippen molar-refractivity contribution < 1.29 is 0 Å². The molecule has 2 fully saturated rings. The Kier molecular flexibility index (Phi) is 3.13. The van der Waals surface area contributed by atoms with Gasteiger partial charge in [-0.1, -0.05) is 0 Å². The summed E-state index contributed by atoms with van der Waals surface area (Å²) < 4.78 is 0. The quantitative estimate of drug-likeness (QED) is 0.795. The summed E-state index contributed by atoms with van der Waals surface area (Å²) in [6.45, 7) is 6.52. The van der Waals surface area contributed by atoms with Gasteiger partial charge in [0.15, 0.2) is 0 Å². The van der Waals surface area contributed by atoms with Crippen molar-refractivity contribution in [2.24, 2.45) is 0 Å². The van der Waals surface area contributed by atoms with Crippen LogP contribution in [0.3, 0.4) is 0 Å². The smallest absolute Gasteiger partial charge is 0.128 e. The first-order valence-electron chi connectivity index (χ1n) is 6.43. The summed E-state index contributed by atoms with van der Waals surface area (Å²) in [6, 6.07) is 6.62. The Balaban J connectivity index is 1.59. The van der Waals surface area contributed by atoms with E-state index in [4.69, 9.17) is 5.26 Å². The summed E-state index contributed by atoms with van der Waals surface area (Å²) in [5, 5.41) is 12.1. The van der Waals surface area contributed by atoms with Gasteiger partial charge >= 0.3 is 0 Å². The zero-order valence-electron chi connectivity index (χ0n) is 10.3. The van der Waals surface area contributed by atoms with E-state index >= 15 is 0 Å². The van der Waals surface area contributed by atoms with Gasteiger partial charge in [-0.15, -0.1) is 0 Å². The number of hydrogen-bond acceptors (Lipinski definition) is 5. The Morgan fingerprint density at radius 2 is 2.00 bits per heavy atom. The summed E-state index contributed by atoms with van der Waals surface area (Å²) >= 11 is 0.